The smallest absolute Gasteiger partial charge is 0.254 e. The highest BCUT2D eigenvalue weighted by Crippen LogP contribution is 1.97. The molecule has 74 valence electrons. The largest absolute Gasteiger partial charge is 0.349 e. The van der Waals surface area contributed by atoms with Crippen LogP contribution in [0.2, 0.25) is 0 Å². The maximum atomic E-state index is 11.5. The average molecular weight is 191 g/mol. The molecule has 4 heteroatoms. The molecule has 0 aliphatic rings. The second-order valence-electron chi connectivity index (χ2n) is 3.19. The molecule has 1 aromatic heterocycles. The number of hydrogen-bond donors (Lipinski definition) is 1. The summed E-state index contributed by atoms with van der Waals surface area (Å²) in [7, 11) is 1.77. The van der Waals surface area contributed by atoms with Crippen LogP contribution in [0.4, 0.5) is 0 Å². The van der Waals surface area contributed by atoms with Gasteiger partial charge in [0.25, 0.3) is 5.91 Å². The van der Waals surface area contributed by atoms with Gasteiger partial charge in [-0.3, -0.25) is 9.48 Å². The highest BCUT2D eigenvalue weighted by Gasteiger charge is 2.09. The molecule has 0 fully saturated rings. The zero-order valence-electron chi connectivity index (χ0n) is 8.32. The maximum absolute atomic E-state index is 11.5. The Morgan fingerprint density at radius 2 is 2.57 bits per heavy atom. The summed E-state index contributed by atoms with van der Waals surface area (Å²) in [4.78, 5) is 11.5. The Morgan fingerprint density at radius 3 is 3.07 bits per heavy atom. The van der Waals surface area contributed by atoms with Gasteiger partial charge >= 0.3 is 0 Å². The van der Waals surface area contributed by atoms with Crippen molar-refractivity contribution in [3.8, 4) is 12.3 Å². The van der Waals surface area contributed by atoms with Crippen LogP contribution < -0.4 is 5.32 Å². The molecule has 1 unspecified atom stereocenters. The number of hydrogen-bond acceptors (Lipinski definition) is 2. The quantitative estimate of drug-likeness (QED) is 0.710. The van der Waals surface area contributed by atoms with Crippen LogP contribution in [0.5, 0.6) is 0 Å². The van der Waals surface area contributed by atoms with Gasteiger partial charge in [-0.15, -0.1) is 12.3 Å². The Kier molecular flexibility index (Phi) is 3.29. The second kappa shape index (κ2) is 4.47. The Morgan fingerprint density at radius 1 is 1.86 bits per heavy atom. The summed E-state index contributed by atoms with van der Waals surface area (Å²) < 4.78 is 1.58. The van der Waals surface area contributed by atoms with E-state index in [9.17, 15) is 4.79 Å². The van der Waals surface area contributed by atoms with Crippen LogP contribution in [0, 0.1) is 12.3 Å². The van der Waals surface area contributed by atoms with E-state index < -0.39 is 0 Å². The molecule has 0 aromatic carbocycles. The first kappa shape index (κ1) is 10.3. The van der Waals surface area contributed by atoms with E-state index in [2.05, 4.69) is 16.3 Å². The minimum absolute atomic E-state index is 0.00675. The van der Waals surface area contributed by atoms with Crippen LogP contribution in [0.25, 0.3) is 0 Å². The number of nitrogens with zero attached hydrogens (tertiary/aromatic N) is 2. The van der Waals surface area contributed by atoms with Gasteiger partial charge < -0.3 is 5.32 Å². The van der Waals surface area contributed by atoms with Crippen molar-refractivity contribution in [3.05, 3.63) is 18.0 Å². The molecule has 1 atom stereocenters. The molecule has 0 bridgehead atoms. The summed E-state index contributed by atoms with van der Waals surface area (Å²) in [6, 6.07) is -0.00675. The molecule has 0 spiro atoms. The van der Waals surface area contributed by atoms with E-state index in [4.69, 9.17) is 6.42 Å². The van der Waals surface area contributed by atoms with Crippen molar-refractivity contribution >= 4 is 5.91 Å². The molecule has 14 heavy (non-hydrogen) atoms. The topological polar surface area (TPSA) is 46.9 Å². The summed E-state index contributed by atoms with van der Waals surface area (Å²) >= 11 is 0. The van der Waals surface area contributed by atoms with Gasteiger partial charge in [0.1, 0.15) is 0 Å². The fraction of sp³-hybridized carbons (Fsp3) is 0.400. The number of aromatic nitrogens is 2. The first-order chi connectivity index (χ1) is 6.63. The molecule has 0 aliphatic carbocycles. The standard InChI is InChI=1S/C10H13N3O/c1-4-5-8(2)12-10(14)9-6-11-13(3)7-9/h1,6-8H,5H2,2-3H3,(H,12,14). The summed E-state index contributed by atoms with van der Waals surface area (Å²) in [5.41, 5.74) is 0.552. The predicted octanol–water partition coefficient (Wildman–Crippen LogP) is 0.562. The third-order valence-corrected chi connectivity index (χ3v) is 1.77. The molecule has 1 heterocycles. The molecule has 1 amide bonds. The van der Waals surface area contributed by atoms with E-state index >= 15 is 0 Å². The summed E-state index contributed by atoms with van der Waals surface area (Å²) in [6.45, 7) is 1.87. The van der Waals surface area contributed by atoms with Gasteiger partial charge in [0.15, 0.2) is 0 Å². The lowest BCUT2D eigenvalue weighted by molar-refractivity contribution is 0.0941. The highest BCUT2D eigenvalue weighted by molar-refractivity contribution is 5.93. The third-order valence-electron chi connectivity index (χ3n) is 1.77. The lowest BCUT2D eigenvalue weighted by atomic mass is 10.2. The summed E-state index contributed by atoms with van der Waals surface area (Å²) in [5, 5.41) is 6.68. The Hall–Kier alpha value is -1.76. The number of amides is 1. The fourth-order valence-electron chi connectivity index (χ4n) is 1.07. The maximum Gasteiger partial charge on any atom is 0.254 e. The number of aryl methyl sites for hydroxylation is 1. The van der Waals surface area contributed by atoms with E-state index in [1.165, 1.54) is 6.20 Å². The van der Waals surface area contributed by atoms with Crippen molar-refractivity contribution in [3.63, 3.8) is 0 Å². The van der Waals surface area contributed by atoms with Gasteiger partial charge in [-0.1, -0.05) is 0 Å². The van der Waals surface area contributed by atoms with Crippen molar-refractivity contribution in [2.24, 2.45) is 7.05 Å². The number of carbonyl (C=O) groups excluding carboxylic acids is 1. The molecular formula is C10H13N3O. The minimum atomic E-state index is -0.138. The van der Waals surface area contributed by atoms with E-state index in [1.54, 1.807) is 17.9 Å². The van der Waals surface area contributed by atoms with Crippen LogP contribution in [0.15, 0.2) is 12.4 Å². The van der Waals surface area contributed by atoms with Gasteiger partial charge in [-0.2, -0.15) is 5.10 Å². The first-order valence-electron chi connectivity index (χ1n) is 4.36. The number of terminal acetylenes is 1. The average Bonchev–Trinajstić information content (AvgIpc) is 2.52. The van der Waals surface area contributed by atoms with Gasteiger partial charge in [0.2, 0.25) is 0 Å². The Balaban J connectivity index is 2.55. The molecule has 1 aromatic rings. The zero-order valence-corrected chi connectivity index (χ0v) is 8.32. The van der Waals surface area contributed by atoms with E-state index in [1.807, 2.05) is 6.92 Å². The van der Waals surface area contributed by atoms with Gasteiger partial charge in [-0.05, 0) is 6.92 Å². The van der Waals surface area contributed by atoms with Crippen molar-refractivity contribution in [2.45, 2.75) is 19.4 Å². The fourth-order valence-corrected chi connectivity index (χ4v) is 1.07. The molecule has 0 radical (unpaired) electrons. The van der Waals surface area contributed by atoms with Crippen molar-refractivity contribution in [2.75, 3.05) is 0 Å². The Bertz CT molecular complexity index is 362. The first-order valence-corrected chi connectivity index (χ1v) is 4.36. The van der Waals surface area contributed by atoms with E-state index in [-0.39, 0.29) is 11.9 Å². The van der Waals surface area contributed by atoms with Crippen LogP contribution in [-0.2, 0) is 7.05 Å². The molecule has 0 saturated heterocycles. The number of rotatable bonds is 3. The molecule has 1 rings (SSSR count). The van der Waals surface area contributed by atoms with Crippen LogP contribution in [0.1, 0.15) is 23.7 Å². The number of nitrogens with one attached hydrogen (secondary N) is 1. The van der Waals surface area contributed by atoms with Crippen LogP contribution >= 0.6 is 0 Å². The summed E-state index contributed by atoms with van der Waals surface area (Å²) in [6.07, 6.45) is 8.85. The lowest BCUT2D eigenvalue weighted by Crippen LogP contribution is -2.31. The van der Waals surface area contributed by atoms with Gasteiger partial charge in [0, 0.05) is 25.7 Å². The van der Waals surface area contributed by atoms with E-state index in [0.29, 0.717) is 12.0 Å². The summed E-state index contributed by atoms with van der Waals surface area (Å²) in [5.74, 6) is 2.36. The SMILES string of the molecule is C#CCC(C)NC(=O)c1cnn(C)c1. The van der Waals surface area contributed by atoms with Crippen molar-refractivity contribution in [1.29, 1.82) is 0 Å². The van der Waals surface area contributed by atoms with Crippen molar-refractivity contribution < 1.29 is 4.79 Å². The molecule has 0 saturated carbocycles. The lowest BCUT2D eigenvalue weighted by Gasteiger charge is -2.08. The predicted molar refractivity (Wildman–Crippen MR) is 53.6 cm³/mol. The monoisotopic (exact) mass is 191 g/mol. The van der Waals surface area contributed by atoms with Gasteiger partial charge in [0.05, 0.1) is 11.8 Å². The molecular weight excluding hydrogens is 178 g/mol. The highest BCUT2D eigenvalue weighted by atomic mass is 16.1. The van der Waals surface area contributed by atoms with Crippen molar-refractivity contribution in [1.82, 2.24) is 15.1 Å². The van der Waals surface area contributed by atoms with Crippen LogP contribution in [0.3, 0.4) is 0 Å². The Labute approximate surface area is 83.3 Å². The second-order valence-corrected chi connectivity index (χ2v) is 3.19. The molecule has 4 nitrogen and oxygen atoms in total. The van der Waals surface area contributed by atoms with Gasteiger partial charge in [-0.25, -0.2) is 0 Å². The minimum Gasteiger partial charge on any atom is -0.349 e. The molecule has 0 aliphatic heterocycles. The normalized spacial score (nSPS) is 11.8. The zero-order chi connectivity index (χ0) is 10.6. The van der Waals surface area contributed by atoms with E-state index in [0.717, 1.165) is 0 Å². The van der Waals surface area contributed by atoms with Crippen LogP contribution in [-0.4, -0.2) is 21.7 Å². The number of carbonyl (C=O) groups is 1. The third kappa shape index (κ3) is 2.63. The molecule has 1 N–H and O–H groups in total.